The van der Waals surface area contributed by atoms with Crippen LogP contribution in [0.1, 0.15) is 12.0 Å². The fourth-order valence-corrected chi connectivity index (χ4v) is 3.44. The van der Waals surface area contributed by atoms with Gasteiger partial charge in [-0.15, -0.1) is 11.3 Å². The number of aromatic nitrogens is 1. The number of urea groups is 1. The normalized spacial score (nSPS) is 10.4. The summed E-state index contributed by atoms with van der Waals surface area (Å²) in [5.74, 6) is 0. The van der Waals surface area contributed by atoms with Crippen LogP contribution in [0.4, 0.5) is 9.93 Å². The van der Waals surface area contributed by atoms with Gasteiger partial charge in [0.25, 0.3) is 0 Å². The van der Waals surface area contributed by atoms with Crippen molar-refractivity contribution in [3.05, 3.63) is 69.1 Å². The Balaban J connectivity index is 1.44. The van der Waals surface area contributed by atoms with Crippen molar-refractivity contribution in [2.45, 2.75) is 12.8 Å². The van der Waals surface area contributed by atoms with E-state index in [4.69, 9.17) is 0 Å². The van der Waals surface area contributed by atoms with E-state index in [1.807, 2.05) is 47.8 Å². The Morgan fingerprint density at radius 1 is 1.08 bits per heavy atom. The summed E-state index contributed by atoms with van der Waals surface area (Å²) in [6.45, 7) is 0.635. The molecule has 0 saturated carbocycles. The first-order valence-corrected chi connectivity index (χ1v) is 9.97. The van der Waals surface area contributed by atoms with Crippen LogP contribution < -0.4 is 10.6 Å². The lowest BCUT2D eigenvalue weighted by atomic mass is 10.1. The third-order valence-corrected chi connectivity index (χ3v) is 5.11. The molecule has 25 heavy (non-hydrogen) atoms. The number of nitrogens with zero attached hydrogens (tertiary/aromatic N) is 1. The molecule has 2 amide bonds. The van der Waals surface area contributed by atoms with Crippen LogP contribution in [0.2, 0.25) is 0 Å². The minimum absolute atomic E-state index is 0.212. The number of nitrogens with one attached hydrogen (secondary N) is 2. The van der Waals surface area contributed by atoms with Crippen molar-refractivity contribution in [3.8, 4) is 11.3 Å². The molecule has 2 N–H and O–H groups in total. The van der Waals surface area contributed by atoms with E-state index in [9.17, 15) is 4.79 Å². The third-order valence-electron chi connectivity index (χ3n) is 3.64. The summed E-state index contributed by atoms with van der Waals surface area (Å²) in [6, 6.07) is 18.2. The standard InChI is InChI=1S/C19H18IN3OS/c20-16-10-8-15(9-11-16)17-13-25-19(22-17)23-18(24)21-12-4-7-14-5-2-1-3-6-14/h1-3,5-6,8-11,13H,4,7,12H2,(H2,21,22,23,24). The average Bonchev–Trinajstić information content (AvgIpc) is 3.09. The van der Waals surface area contributed by atoms with E-state index in [1.54, 1.807) is 0 Å². The molecule has 0 aliphatic rings. The summed E-state index contributed by atoms with van der Waals surface area (Å²) in [7, 11) is 0. The number of hydrogen-bond donors (Lipinski definition) is 2. The van der Waals surface area contributed by atoms with Gasteiger partial charge in [-0.3, -0.25) is 5.32 Å². The van der Waals surface area contributed by atoms with E-state index in [0.29, 0.717) is 11.7 Å². The minimum atomic E-state index is -0.212. The van der Waals surface area contributed by atoms with Crippen molar-refractivity contribution >= 4 is 45.1 Å². The Bertz CT molecular complexity index is 818. The Hall–Kier alpha value is -1.93. The SMILES string of the molecule is O=C(NCCCc1ccccc1)Nc1nc(-c2ccc(I)cc2)cs1. The Morgan fingerprint density at radius 2 is 1.84 bits per heavy atom. The highest BCUT2D eigenvalue weighted by Gasteiger charge is 2.07. The second-order valence-electron chi connectivity index (χ2n) is 5.51. The summed E-state index contributed by atoms with van der Waals surface area (Å²) in [6.07, 6.45) is 1.86. The van der Waals surface area contributed by atoms with Gasteiger partial charge in [0.2, 0.25) is 0 Å². The van der Waals surface area contributed by atoms with Crippen LogP contribution in [-0.4, -0.2) is 17.6 Å². The predicted octanol–water partition coefficient (Wildman–Crippen LogP) is 5.17. The molecule has 2 aromatic carbocycles. The molecule has 0 unspecified atom stereocenters. The molecule has 0 fully saturated rings. The highest BCUT2D eigenvalue weighted by molar-refractivity contribution is 14.1. The van der Waals surface area contributed by atoms with Gasteiger partial charge in [-0.1, -0.05) is 42.5 Å². The molecule has 0 aliphatic heterocycles. The van der Waals surface area contributed by atoms with E-state index in [2.05, 4.69) is 50.3 Å². The molecule has 0 spiro atoms. The zero-order valence-electron chi connectivity index (χ0n) is 13.5. The summed E-state index contributed by atoms with van der Waals surface area (Å²) >= 11 is 3.70. The molecule has 128 valence electrons. The summed E-state index contributed by atoms with van der Waals surface area (Å²) < 4.78 is 1.19. The van der Waals surface area contributed by atoms with Gasteiger partial charge in [-0.25, -0.2) is 9.78 Å². The minimum Gasteiger partial charge on any atom is -0.338 e. The number of thiazole rings is 1. The summed E-state index contributed by atoms with van der Waals surface area (Å²) in [5.41, 5.74) is 3.21. The third kappa shape index (κ3) is 5.54. The predicted molar refractivity (Wildman–Crippen MR) is 112 cm³/mol. The molecule has 0 aliphatic carbocycles. The molecule has 6 heteroatoms. The number of amides is 2. The average molecular weight is 463 g/mol. The van der Waals surface area contributed by atoms with Crippen LogP contribution in [0.5, 0.6) is 0 Å². The van der Waals surface area contributed by atoms with Crippen LogP contribution in [0.15, 0.2) is 60.0 Å². The van der Waals surface area contributed by atoms with Crippen molar-refractivity contribution in [1.82, 2.24) is 10.3 Å². The smallest absolute Gasteiger partial charge is 0.321 e. The number of halogens is 1. The van der Waals surface area contributed by atoms with Crippen molar-refractivity contribution < 1.29 is 4.79 Å². The highest BCUT2D eigenvalue weighted by Crippen LogP contribution is 2.25. The maximum absolute atomic E-state index is 12.0. The molecule has 1 aromatic heterocycles. The fraction of sp³-hybridized carbons (Fsp3) is 0.158. The molecule has 0 bridgehead atoms. The van der Waals surface area contributed by atoms with E-state index in [1.165, 1.54) is 20.5 Å². The Morgan fingerprint density at radius 3 is 2.60 bits per heavy atom. The molecule has 0 saturated heterocycles. The second kappa shape index (κ2) is 8.96. The molecular weight excluding hydrogens is 445 g/mol. The highest BCUT2D eigenvalue weighted by atomic mass is 127. The van der Waals surface area contributed by atoms with Crippen molar-refractivity contribution in [2.24, 2.45) is 0 Å². The molecule has 0 radical (unpaired) electrons. The van der Waals surface area contributed by atoms with Gasteiger partial charge in [0.05, 0.1) is 5.69 Å². The zero-order chi connectivity index (χ0) is 17.5. The number of aryl methyl sites for hydroxylation is 1. The number of hydrogen-bond acceptors (Lipinski definition) is 3. The van der Waals surface area contributed by atoms with Crippen LogP contribution in [0, 0.1) is 3.57 Å². The first-order chi connectivity index (χ1) is 12.2. The van der Waals surface area contributed by atoms with Gasteiger partial charge in [0.1, 0.15) is 0 Å². The van der Waals surface area contributed by atoms with Crippen LogP contribution in [-0.2, 0) is 6.42 Å². The van der Waals surface area contributed by atoms with Crippen molar-refractivity contribution in [1.29, 1.82) is 0 Å². The number of anilines is 1. The molecule has 3 rings (SSSR count). The van der Waals surface area contributed by atoms with E-state index >= 15 is 0 Å². The molecular formula is C19H18IN3OS. The molecule has 4 nitrogen and oxygen atoms in total. The maximum Gasteiger partial charge on any atom is 0.321 e. The second-order valence-corrected chi connectivity index (χ2v) is 7.62. The summed E-state index contributed by atoms with van der Waals surface area (Å²) in [5, 5.41) is 8.23. The van der Waals surface area contributed by atoms with Gasteiger partial charge in [0.15, 0.2) is 5.13 Å². The Labute approximate surface area is 164 Å². The number of carbonyl (C=O) groups excluding carboxylic acids is 1. The van der Waals surface area contributed by atoms with E-state index in [-0.39, 0.29) is 6.03 Å². The first-order valence-electron chi connectivity index (χ1n) is 8.01. The summed E-state index contributed by atoms with van der Waals surface area (Å²) in [4.78, 5) is 16.4. The number of rotatable bonds is 6. The number of carbonyl (C=O) groups is 1. The monoisotopic (exact) mass is 463 g/mol. The van der Waals surface area contributed by atoms with E-state index < -0.39 is 0 Å². The van der Waals surface area contributed by atoms with Gasteiger partial charge in [-0.05, 0) is 53.1 Å². The van der Waals surface area contributed by atoms with Crippen molar-refractivity contribution in [2.75, 3.05) is 11.9 Å². The number of benzene rings is 2. The van der Waals surface area contributed by atoms with Crippen LogP contribution in [0.25, 0.3) is 11.3 Å². The van der Waals surface area contributed by atoms with E-state index in [0.717, 1.165) is 24.1 Å². The van der Waals surface area contributed by atoms with Crippen molar-refractivity contribution in [3.63, 3.8) is 0 Å². The van der Waals surface area contributed by atoms with Gasteiger partial charge < -0.3 is 5.32 Å². The largest absolute Gasteiger partial charge is 0.338 e. The van der Waals surface area contributed by atoms with Crippen LogP contribution >= 0.6 is 33.9 Å². The van der Waals surface area contributed by atoms with Crippen LogP contribution in [0.3, 0.4) is 0 Å². The molecule has 3 aromatic rings. The van der Waals surface area contributed by atoms with Gasteiger partial charge in [-0.2, -0.15) is 0 Å². The molecule has 1 heterocycles. The lowest BCUT2D eigenvalue weighted by molar-refractivity contribution is 0.252. The topological polar surface area (TPSA) is 54.0 Å². The first kappa shape index (κ1) is 17.9. The van der Waals surface area contributed by atoms with Gasteiger partial charge in [0, 0.05) is 21.1 Å². The lowest BCUT2D eigenvalue weighted by Crippen LogP contribution is -2.29. The zero-order valence-corrected chi connectivity index (χ0v) is 16.5. The Kier molecular flexibility index (Phi) is 6.41. The quantitative estimate of drug-likeness (QED) is 0.392. The lowest BCUT2D eigenvalue weighted by Gasteiger charge is -2.05. The maximum atomic E-state index is 12.0. The fourth-order valence-electron chi connectivity index (χ4n) is 2.36. The van der Waals surface area contributed by atoms with Gasteiger partial charge >= 0.3 is 6.03 Å². The molecule has 0 atom stereocenters.